The van der Waals surface area contributed by atoms with Gasteiger partial charge in [-0.1, -0.05) is 13.8 Å². The number of fused-ring (bicyclic) bond motifs is 1. The molecule has 5 rings (SSSR count). The number of alkyl halides is 3. The lowest BCUT2D eigenvalue weighted by Gasteiger charge is -2.27. The molecule has 4 fully saturated rings. The van der Waals surface area contributed by atoms with Gasteiger partial charge in [0.2, 0.25) is 5.91 Å². The number of allylic oxidation sites excluding steroid dienone is 2. The van der Waals surface area contributed by atoms with Gasteiger partial charge in [-0.25, -0.2) is 8.78 Å². The average molecular weight is 588 g/mol. The summed E-state index contributed by atoms with van der Waals surface area (Å²) >= 11 is 0. The van der Waals surface area contributed by atoms with Crippen molar-refractivity contribution in [3.05, 3.63) is 47.3 Å². The molecule has 0 spiro atoms. The molecular formula is C29H42F5N5O2. The van der Waals surface area contributed by atoms with Crippen LogP contribution >= 0.6 is 0 Å². The minimum atomic E-state index is -4.72. The Balaban J connectivity index is 0.000000245. The zero-order valence-electron chi connectivity index (χ0n) is 22.4. The molecule has 0 bridgehead atoms. The molecule has 7 nitrogen and oxygen atoms in total. The Bertz CT molecular complexity index is 1110. The number of nitrogens with two attached hydrogens (primary N) is 3. The van der Waals surface area contributed by atoms with Gasteiger partial charge in [-0.3, -0.25) is 4.79 Å². The Hall–Kier alpha value is -2.86. The maximum Gasteiger partial charge on any atom is 0.403 e. The molecule has 12 heteroatoms. The first-order chi connectivity index (χ1) is 18.9. The first-order valence-corrected chi connectivity index (χ1v) is 13.8. The van der Waals surface area contributed by atoms with Crippen molar-refractivity contribution in [2.75, 3.05) is 38.2 Å². The minimum Gasteiger partial charge on any atom is -0.398 e. The van der Waals surface area contributed by atoms with E-state index in [-0.39, 0.29) is 37.5 Å². The van der Waals surface area contributed by atoms with E-state index in [1.54, 1.807) is 0 Å². The molecule has 230 valence electrons. The predicted molar refractivity (Wildman–Crippen MR) is 149 cm³/mol. The van der Waals surface area contributed by atoms with Crippen LogP contribution in [0.15, 0.2) is 30.1 Å². The fourth-order valence-corrected chi connectivity index (χ4v) is 5.94. The van der Waals surface area contributed by atoms with Gasteiger partial charge in [-0.15, -0.1) is 0 Å². The molecular weight excluding hydrogens is 545 g/mol. The number of hydrogen-bond donors (Lipinski definition) is 4. The van der Waals surface area contributed by atoms with E-state index in [2.05, 4.69) is 4.90 Å². The molecule has 2 saturated carbocycles. The van der Waals surface area contributed by atoms with Gasteiger partial charge in [-0.05, 0) is 74.5 Å². The van der Waals surface area contributed by atoms with Crippen molar-refractivity contribution < 1.29 is 31.5 Å². The van der Waals surface area contributed by atoms with Crippen LogP contribution in [-0.2, 0) is 9.53 Å². The summed E-state index contributed by atoms with van der Waals surface area (Å²) in [6, 6.07) is 1.50. The molecule has 2 saturated heterocycles. The third-order valence-corrected chi connectivity index (χ3v) is 8.44. The topological polar surface area (TPSA) is 120 Å². The normalized spacial score (nSPS) is 24.0. The van der Waals surface area contributed by atoms with Gasteiger partial charge < -0.3 is 32.2 Å². The lowest BCUT2D eigenvalue weighted by molar-refractivity contribution is -0.189. The standard InChI is InChI=1S/C15H15F5N4O.C13H23NO.CH4/c16-9-6-7(24-13(25)14(3-4-14)15(18,19)20)5-8(12(9)17)10(21)1-2-11(22)23;1-2-12-9-14(10-13(12)3-1)8-11-4-6-15-7-5-11;/h1-2,5-6H,3-4,21-23H2,(H,24,25);11-13H,1-10H2;1H4/b10-1-;;. The van der Waals surface area contributed by atoms with E-state index in [4.69, 9.17) is 21.9 Å². The zero-order valence-corrected chi connectivity index (χ0v) is 22.4. The van der Waals surface area contributed by atoms with E-state index >= 15 is 0 Å². The van der Waals surface area contributed by atoms with Gasteiger partial charge in [-0.2, -0.15) is 13.2 Å². The Kier molecular flexibility index (Phi) is 10.7. The number of likely N-dealkylation sites (tertiary alicyclic amines) is 1. The van der Waals surface area contributed by atoms with E-state index in [0.717, 1.165) is 49.2 Å². The molecule has 41 heavy (non-hydrogen) atoms. The summed E-state index contributed by atoms with van der Waals surface area (Å²) < 4.78 is 71.7. The predicted octanol–water partition coefficient (Wildman–Crippen LogP) is 5.09. The van der Waals surface area contributed by atoms with Crippen molar-refractivity contribution in [1.29, 1.82) is 0 Å². The van der Waals surface area contributed by atoms with Crippen LogP contribution in [0, 0.1) is 34.8 Å². The Morgan fingerprint density at radius 2 is 1.63 bits per heavy atom. The van der Waals surface area contributed by atoms with Crippen LogP contribution in [0.5, 0.6) is 0 Å². The van der Waals surface area contributed by atoms with Gasteiger partial charge in [0.1, 0.15) is 5.41 Å². The Morgan fingerprint density at radius 3 is 2.17 bits per heavy atom. The molecule has 2 atom stereocenters. The largest absolute Gasteiger partial charge is 0.403 e. The number of benzene rings is 1. The summed E-state index contributed by atoms with van der Waals surface area (Å²) in [5.74, 6) is -1.13. The van der Waals surface area contributed by atoms with E-state index in [0.29, 0.717) is 6.07 Å². The fraction of sp³-hybridized carbons (Fsp3) is 0.621. The van der Waals surface area contributed by atoms with Crippen molar-refractivity contribution in [2.45, 2.75) is 58.5 Å². The highest BCUT2D eigenvalue weighted by Gasteiger charge is 2.68. The number of rotatable bonds is 6. The number of nitrogens with one attached hydrogen (secondary N) is 1. The highest BCUT2D eigenvalue weighted by Crippen LogP contribution is 2.58. The Labute approximate surface area is 238 Å². The monoisotopic (exact) mass is 587 g/mol. The van der Waals surface area contributed by atoms with Crippen molar-refractivity contribution in [1.82, 2.24) is 4.90 Å². The summed E-state index contributed by atoms with van der Waals surface area (Å²) in [6.45, 7) is 6.18. The first-order valence-electron chi connectivity index (χ1n) is 13.8. The molecule has 2 unspecified atom stereocenters. The average Bonchev–Trinajstić information content (AvgIpc) is 3.49. The first kappa shape index (κ1) is 32.7. The summed E-state index contributed by atoms with van der Waals surface area (Å²) in [4.78, 5) is 14.6. The molecule has 1 amide bonds. The molecule has 0 radical (unpaired) electrons. The highest BCUT2D eigenvalue weighted by molar-refractivity contribution is 5.98. The van der Waals surface area contributed by atoms with E-state index in [9.17, 15) is 26.7 Å². The SMILES string of the molecule is C.C1CC2CN(CC3CCOCC3)CC2C1.NC(N)=C/C=C(\N)c1cc(NC(=O)C2(C(F)(F)F)CC2)cc(F)c1F. The van der Waals surface area contributed by atoms with Gasteiger partial charge in [0.05, 0.1) is 5.82 Å². The second-order valence-electron chi connectivity index (χ2n) is 11.4. The molecule has 4 aliphatic rings. The van der Waals surface area contributed by atoms with Crippen LogP contribution in [0.25, 0.3) is 5.70 Å². The molecule has 2 aliphatic heterocycles. The number of amides is 1. The number of carbonyl (C=O) groups is 1. The van der Waals surface area contributed by atoms with Crippen LogP contribution in [0.4, 0.5) is 27.6 Å². The third-order valence-electron chi connectivity index (χ3n) is 8.44. The second-order valence-corrected chi connectivity index (χ2v) is 11.4. The summed E-state index contributed by atoms with van der Waals surface area (Å²) in [6.07, 6.45) is 3.89. The lowest BCUT2D eigenvalue weighted by atomic mass is 10.00. The quantitative estimate of drug-likeness (QED) is 0.272. The minimum absolute atomic E-state index is 0. The molecule has 2 heterocycles. The van der Waals surface area contributed by atoms with Crippen LogP contribution < -0.4 is 22.5 Å². The van der Waals surface area contributed by atoms with Gasteiger partial charge in [0, 0.05) is 55.9 Å². The van der Waals surface area contributed by atoms with Gasteiger partial charge >= 0.3 is 6.18 Å². The van der Waals surface area contributed by atoms with E-state index < -0.39 is 34.7 Å². The number of anilines is 1. The number of carbonyl (C=O) groups excluding carboxylic acids is 1. The van der Waals surface area contributed by atoms with Crippen molar-refractivity contribution in [2.24, 2.45) is 40.4 Å². The fourth-order valence-electron chi connectivity index (χ4n) is 5.94. The number of ether oxygens (including phenoxy) is 1. The number of nitrogens with zero attached hydrogens (tertiary/aromatic N) is 1. The van der Waals surface area contributed by atoms with E-state index in [1.165, 1.54) is 51.7 Å². The maximum absolute atomic E-state index is 13.9. The van der Waals surface area contributed by atoms with Crippen molar-refractivity contribution in [3.63, 3.8) is 0 Å². The van der Waals surface area contributed by atoms with Gasteiger partial charge in [0.15, 0.2) is 11.6 Å². The van der Waals surface area contributed by atoms with Crippen molar-refractivity contribution in [3.8, 4) is 0 Å². The smallest absolute Gasteiger partial charge is 0.398 e. The van der Waals surface area contributed by atoms with E-state index in [1.807, 2.05) is 5.32 Å². The number of hydrogen-bond acceptors (Lipinski definition) is 6. The summed E-state index contributed by atoms with van der Waals surface area (Å²) in [5, 5.41) is 1.97. The van der Waals surface area contributed by atoms with Crippen molar-refractivity contribution >= 4 is 17.3 Å². The molecule has 0 aromatic heterocycles. The van der Waals surface area contributed by atoms with Crippen LogP contribution in [0.1, 0.15) is 57.9 Å². The molecule has 1 aromatic rings. The molecule has 2 aliphatic carbocycles. The lowest BCUT2D eigenvalue weighted by Crippen LogP contribution is -2.37. The number of halogens is 5. The Morgan fingerprint density at radius 1 is 1.02 bits per heavy atom. The summed E-state index contributed by atoms with van der Waals surface area (Å²) in [5.41, 5.74) is 12.4. The highest BCUT2D eigenvalue weighted by atomic mass is 19.4. The zero-order chi connectivity index (χ0) is 29.1. The van der Waals surface area contributed by atoms with Crippen LogP contribution in [0.3, 0.4) is 0 Å². The third kappa shape index (κ3) is 7.91. The molecule has 1 aromatic carbocycles. The molecule has 7 N–H and O–H groups in total. The summed E-state index contributed by atoms with van der Waals surface area (Å²) in [7, 11) is 0. The van der Waals surface area contributed by atoms with Gasteiger partial charge in [0.25, 0.3) is 0 Å². The van der Waals surface area contributed by atoms with Crippen LogP contribution in [-0.4, -0.2) is 49.8 Å². The second kappa shape index (κ2) is 13.4. The maximum atomic E-state index is 13.9. The van der Waals surface area contributed by atoms with Crippen LogP contribution in [0.2, 0.25) is 0 Å².